The number of carboxylic acids is 1. The van der Waals surface area contributed by atoms with Crippen LogP contribution in [0.2, 0.25) is 0 Å². The van der Waals surface area contributed by atoms with Crippen molar-refractivity contribution in [2.24, 2.45) is 0 Å². The van der Waals surface area contributed by atoms with E-state index in [0.717, 1.165) is 12.8 Å². The fraction of sp³-hybridized carbons (Fsp3) is 0.462. The second kappa shape index (κ2) is 5.49. The van der Waals surface area contributed by atoms with E-state index in [0.29, 0.717) is 16.7 Å². The number of rotatable bonds is 3. The molecule has 2 fully saturated rings. The van der Waals surface area contributed by atoms with E-state index in [1.54, 1.807) is 0 Å². The molecule has 1 aromatic rings. The Morgan fingerprint density at radius 2 is 1.90 bits per heavy atom. The third-order valence-corrected chi connectivity index (χ3v) is 6.58. The molecular weight excluding hydrogens is 409 g/mol. The first-order chi connectivity index (χ1) is 9.88. The first-order valence-corrected chi connectivity index (χ1v) is 9.08. The lowest BCUT2D eigenvalue weighted by Crippen LogP contribution is -2.45. The van der Waals surface area contributed by atoms with Crippen LogP contribution < -0.4 is 0 Å². The van der Waals surface area contributed by atoms with Gasteiger partial charge in [0.05, 0.1) is 22.7 Å². The third kappa shape index (κ3) is 2.81. The van der Waals surface area contributed by atoms with Gasteiger partial charge in [0, 0.05) is 16.7 Å². The van der Waals surface area contributed by atoms with Gasteiger partial charge in [-0.15, -0.1) is 0 Å². The summed E-state index contributed by atoms with van der Waals surface area (Å²) in [6, 6.07) is 4.21. The number of benzene rings is 1. The van der Waals surface area contributed by atoms with Crippen molar-refractivity contribution in [3.05, 3.63) is 27.3 Å². The Morgan fingerprint density at radius 3 is 2.48 bits per heavy atom. The Hall–Kier alpha value is -0.710. The molecule has 2 saturated heterocycles. The van der Waals surface area contributed by atoms with Gasteiger partial charge in [0.25, 0.3) is 0 Å². The molecule has 2 unspecified atom stereocenters. The minimum atomic E-state index is -3.67. The first-order valence-electron chi connectivity index (χ1n) is 6.56. The van der Waals surface area contributed by atoms with E-state index in [-0.39, 0.29) is 22.7 Å². The number of ether oxygens (including phenoxy) is 1. The number of nitrogens with zero attached hydrogens (tertiary/aromatic N) is 1. The predicted octanol–water partition coefficient (Wildman–Crippen LogP) is 1.54. The topological polar surface area (TPSA) is 83.9 Å². The fourth-order valence-electron chi connectivity index (χ4n) is 2.75. The van der Waals surface area contributed by atoms with Crippen molar-refractivity contribution in [1.82, 2.24) is 4.31 Å². The Kier molecular flexibility index (Phi) is 3.97. The molecular formula is C13H14INO5S. The molecule has 0 aromatic heterocycles. The molecule has 2 aliphatic heterocycles. The molecule has 2 bridgehead atoms. The van der Waals surface area contributed by atoms with E-state index in [9.17, 15) is 13.2 Å². The molecule has 2 aliphatic rings. The van der Waals surface area contributed by atoms with Gasteiger partial charge >= 0.3 is 5.97 Å². The molecule has 0 radical (unpaired) electrons. The number of fused-ring (bicyclic) bond motifs is 2. The van der Waals surface area contributed by atoms with Crippen LogP contribution in [0, 0.1) is 3.57 Å². The van der Waals surface area contributed by atoms with Crippen molar-refractivity contribution in [3.8, 4) is 0 Å². The molecule has 0 spiro atoms. The van der Waals surface area contributed by atoms with Crippen molar-refractivity contribution in [2.75, 3.05) is 13.1 Å². The number of carboxylic acid groups (broad SMARTS) is 1. The van der Waals surface area contributed by atoms with Gasteiger partial charge in [-0.3, -0.25) is 0 Å². The highest BCUT2D eigenvalue weighted by atomic mass is 127. The summed E-state index contributed by atoms with van der Waals surface area (Å²) >= 11 is 1.88. The largest absolute Gasteiger partial charge is 0.478 e. The van der Waals surface area contributed by atoms with Crippen LogP contribution in [-0.2, 0) is 14.8 Å². The average molecular weight is 423 g/mol. The summed E-state index contributed by atoms with van der Waals surface area (Å²) in [5.41, 5.74) is 0.00732. The van der Waals surface area contributed by atoms with Gasteiger partial charge in [-0.1, -0.05) is 0 Å². The number of halogens is 1. The fourth-order valence-corrected chi connectivity index (χ4v) is 4.85. The smallest absolute Gasteiger partial charge is 0.336 e. The number of sulfonamides is 1. The van der Waals surface area contributed by atoms with Crippen molar-refractivity contribution >= 4 is 38.6 Å². The standard InChI is InChI=1S/C13H14INO5S/c14-12-4-3-10(5-11(12)13(16)17)21(18,19)15-6-8-1-2-9(7-15)20-8/h3-5,8-9H,1-2,6-7H2,(H,16,17). The lowest BCUT2D eigenvalue weighted by molar-refractivity contribution is -0.0114. The molecule has 8 heteroatoms. The number of morpholine rings is 1. The molecule has 2 atom stereocenters. The van der Waals surface area contributed by atoms with Crippen molar-refractivity contribution in [1.29, 1.82) is 0 Å². The van der Waals surface area contributed by atoms with Crippen LogP contribution in [0.1, 0.15) is 23.2 Å². The minimum absolute atomic E-state index is 0.00732. The summed E-state index contributed by atoms with van der Waals surface area (Å²) in [6.45, 7) is 0.681. The van der Waals surface area contributed by atoms with Crippen LogP contribution in [0.15, 0.2) is 23.1 Å². The molecule has 0 aliphatic carbocycles. The monoisotopic (exact) mass is 423 g/mol. The molecule has 2 heterocycles. The zero-order valence-corrected chi connectivity index (χ0v) is 14.0. The van der Waals surface area contributed by atoms with E-state index in [1.165, 1.54) is 22.5 Å². The summed E-state index contributed by atoms with van der Waals surface area (Å²) in [7, 11) is -3.67. The zero-order valence-electron chi connectivity index (χ0n) is 11.0. The Morgan fingerprint density at radius 1 is 1.29 bits per heavy atom. The van der Waals surface area contributed by atoms with Gasteiger partial charge in [-0.25, -0.2) is 13.2 Å². The molecule has 1 aromatic carbocycles. The lowest BCUT2D eigenvalue weighted by Gasteiger charge is -2.31. The highest BCUT2D eigenvalue weighted by Gasteiger charge is 2.39. The predicted molar refractivity (Wildman–Crippen MR) is 82.8 cm³/mol. The van der Waals surface area contributed by atoms with E-state index < -0.39 is 16.0 Å². The summed E-state index contributed by atoms with van der Waals surface area (Å²) in [6.07, 6.45) is 1.68. The van der Waals surface area contributed by atoms with Gasteiger partial charge in [0.2, 0.25) is 10.0 Å². The van der Waals surface area contributed by atoms with Crippen LogP contribution in [0.4, 0.5) is 0 Å². The lowest BCUT2D eigenvalue weighted by atomic mass is 10.2. The SMILES string of the molecule is O=C(O)c1cc(S(=O)(=O)N2CC3CCC(C2)O3)ccc1I. The van der Waals surface area contributed by atoms with Crippen molar-refractivity contribution in [2.45, 2.75) is 29.9 Å². The van der Waals surface area contributed by atoms with Gasteiger partial charge in [-0.05, 0) is 53.6 Å². The van der Waals surface area contributed by atoms with Gasteiger partial charge < -0.3 is 9.84 Å². The summed E-state index contributed by atoms with van der Waals surface area (Å²) in [4.78, 5) is 11.2. The second-order valence-electron chi connectivity index (χ2n) is 5.23. The maximum atomic E-state index is 12.7. The van der Waals surface area contributed by atoms with Gasteiger partial charge in [0.1, 0.15) is 0 Å². The summed E-state index contributed by atoms with van der Waals surface area (Å²) < 4.78 is 32.9. The third-order valence-electron chi connectivity index (χ3n) is 3.82. The molecule has 1 N–H and O–H groups in total. The summed E-state index contributed by atoms with van der Waals surface area (Å²) in [5, 5.41) is 9.13. The Bertz CT molecular complexity index is 678. The van der Waals surface area contributed by atoms with E-state index >= 15 is 0 Å². The Balaban J connectivity index is 1.95. The maximum absolute atomic E-state index is 12.7. The zero-order chi connectivity index (χ0) is 15.2. The number of carbonyl (C=O) groups is 1. The van der Waals surface area contributed by atoms with E-state index in [4.69, 9.17) is 9.84 Å². The number of hydrogen-bond donors (Lipinski definition) is 1. The van der Waals surface area contributed by atoms with E-state index in [2.05, 4.69) is 0 Å². The second-order valence-corrected chi connectivity index (χ2v) is 8.33. The van der Waals surface area contributed by atoms with Gasteiger partial charge in [0.15, 0.2) is 0 Å². The van der Waals surface area contributed by atoms with Crippen LogP contribution in [-0.4, -0.2) is 49.1 Å². The normalized spacial score (nSPS) is 26.0. The molecule has 3 rings (SSSR count). The molecule has 0 amide bonds. The minimum Gasteiger partial charge on any atom is -0.478 e. The average Bonchev–Trinajstić information content (AvgIpc) is 2.77. The Labute approximate surface area is 136 Å². The summed E-state index contributed by atoms with van der Waals surface area (Å²) in [5.74, 6) is -1.13. The highest BCUT2D eigenvalue weighted by Crippen LogP contribution is 2.30. The van der Waals surface area contributed by atoms with Crippen molar-refractivity contribution < 1.29 is 23.1 Å². The molecule has 6 nitrogen and oxygen atoms in total. The highest BCUT2D eigenvalue weighted by molar-refractivity contribution is 14.1. The maximum Gasteiger partial charge on any atom is 0.336 e. The van der Waals surface area contributed by atoms with E-state index in [1.807, 2.05) is 22.6 Å². The van der Waals surface area contributed by atoms with Crippen LogP contribution in [0.3, 0.4) is 0 Å². The first kappa shape index (κ1) is 15.2. The quantitative estimate of drug-likeness (QED) is 0.746. The van der Waals surface area contributed by atoms with Crippen LogP contribution in [0.25, 0.3) is 0 Å². The van der Waals surface area contributed by atoms with Crippen LogP contribution >= 0.6 is 22.6 Å². The van der Waals surface area contributed by atoms with Crippen molar-refractivity contribution in [3.63, 3.8) is 0 Å². The molecule has 114 valence electrons. The molecule has 21 heavy (non-hydrogen) atoms. The number of aromatic carboxylic acids is 1. The van der Waals surface area contributed by atoms with Crippen LogP contribution in [0.5, 0.6) is 0 Å². The molecule has 0 saturated carbocycles. The van der Waals surface area contributed by atoms with Gasteiger partial charge in [-0.2, -0.15) is 4.31 Å². The number of hydrogen-bond acceptors (Lipinski definition) is 4.